The standard InChI is InChI=1S/C46H30N2/c1-2-14-37(15-3-1)47-43-19-8-6-17-39(43)41-25-23-35(29-45(41)47)36-24-26-42-40-18-7-9-20-44(40)48(46(42)30-36)38-16-10-13-33(28-38)34-22-21-31-11-4-5-12-32(31)27-34/h1-30H. The van der Waals surface area contributed by atoms with Crippen molar-refractivity contribution in [1.29, 1.82) is 0 Å². The molecule has 2 heteroatoms. The van der Waals surface area contributed by atoms with E-state index in [9.17, 15) is 0 Å². The van der Waals surface area contributed by atoms with Gasteiger partial charge in [-0.1, -0.05) is 127 Å². The smallest absolute Gasteiger partial charge is 0.0547 e. The van der Waals surface area contributed by atoms with E-state index < -0.39 is 0 Å². The lowest BCUT2D eigenvalue weighted by molar-refractivity contribution is 1.18. The number of hydrogen-bond acceptors (Lipinski definition) is 0. The van der Waals surface area contributed by atoms with E-state index in [0.29, 0.717) is 0 Å². The van der Waals surface area contributed by atoms with Crippen molar-refractivity contribution in [3.63, 3.8) is 0 Å². The van der Waals surface area contributed by atoms with Crippen molar-refractivity contribution in [3.8, 4) is 33.6 Å². The van der Waals surface area contributed by atoms with Crippen molar-refractivity contribution < 1.29 is 0 Å². The molecule has 10 aromatic rings. The van der Waals surface area contributed by atoms with Gasteiger partial charge in [-0.25, -0.2) is 0 Å². The summed E-state index contributed by atoms with van der Waals surface area (Å²) in [5.41, 5.74) is 12.0. The van der Waals surface area contributed by atoms with E-state index in [4.69, 9.17) is 0 Å². The average Bonchev–Trinajstić information content (AvgIpc) is 3.67. The molecule has 48 heavy (non-hydrogen) atoms. The number of benzene rings is 8. The molecule has 0 spiro atoms. The van der Waals surface area contributed by atoms with Crippen LogP contribution in [0.2, 0.25) is 0 Å². The molecule has 2 nitrogen and oxygen atoms in total. The summed E-state index contributed by atoms with van der Waals surface area (Å²) in [5.74, 6) is 0. The highest BCUT2D eigenvalue weighted by Crippen LogP contribution is 2.38. The van der Waals surface area contributed by atoms with Crippen LogP contribution in [0.5, 0.6) is 0 Å². The quantitative estimate of drug-likeness (QED) is 0.188. The van der Waals surface area contributed by atoms with Gasteiger partial charge >= 0.3 is 0 Å². The van der Waals surface area contributed by atoms with Gasteiger partial charge in [0.25, 0.3) is 0 Å². The van der Waals surface area contributed by atoms with E-state index in [0.717, 1.165) is 5.69 Å². The molecular formula is C46H30N2. The van der Waals surface area contributed by atoms with E-state index in [2.05, 4.69) is 191 Å². The Labute approximate surface area is 278 Å². The van der Waals surface area contributed by atoms with Gasteiger partial charge in [0.15, 0.2) is 0 Å². The van der Waals surface area contributed by atoms with Crippen LogP contribution in [0.3, 0.4) is 0 Å². The molecule has 0 saturated carbocycles. The van der Waals surface area contributed by atoms with E-state index in [-0.39, 0.29) is 0 Å². The van der Waals surface area contributed by atoms with Gasteiger partial charge in [-0.15, -0.1) is 0 Å². The molecule has 2 aromatic heterocycles. The third-order valence-electron chi connectivity index (χ3n) is 9.88. The molecule has 0 saturated heterocycles. The fraction of sp³-hybridized carbons (Fsp3) is 0. The molecule has 0 aliphatic heterocycles. The second kappa shape index (κ2) is 10.6. The van der Waals surface area contributed by atoms with Gasteiger partial charge in [-0.3, -0.25) is 0 Å². The maximum absolute atomic E-state index is 2.43. The van der Waals surface area contributed by atoms with Gasteiger partial charge in [0.2, 0.25) is 0 Å². The molecule has 0 N–H and O–H groups in total. The fourth-order valence-electron chi connectivity index (χ4n) is 7.63. The molecule has 0 aliphatic rings. The predicted molar refractivity (Wildman–Crippen MR) is 203 cm³/mol. The van der Waals surface area contributed by atoms with E-state index >= 15 is 0 Å². The molecule has 8 aromatic carbocycles. The van der Waals surface area contributed by atoms with Gasteiger partial charge in [0.1, 0.15) is 0 Å². The zero-order valence-corrected chi connectivity index (χ0v) is 26.2. The molecular weight excluding hydrogens is 581 g/mol. The minimum absolute atomic E-state index is 1.16. The van der Waals surface area contributed by atoms with E-state index in [1.165, 1.54) is 82.3 Å². The molecule has 224 valence electrons. The topological polar surface area (TPSA) is 9.86 Å². The van der Waals surface area contributed by atoms with Crippen LogP contribution in [0.4, 0.5) is 0 Å². The second-order valence-electron chi connectivity index (χ2n) is 12.6. The van der Waals surface area contributed by atoms with Gasteiger partial charge in [0.05, 0.1) is 22.1 Å². The minimum atomic E-state index is 1.16. The highest BCUT2D eigenvalue weighted by atomic mass is 15.0. The summed E-state index contributed by atoms with van der Waals surface area (Å²) in [6.07, 6.45) is 0. The summed E-state index contributed by atoms with van der Waals surface area (Å²) in [7, 11) is 0. The van der Waals surface area contributed by atoms with Gasteiger partial charge < -0.3 is 9.13 Å². The Morgan fingerprint density at radius 1 is 0.250 bits per heavy atom. The summed E-state index contributed by atoms with van der Waals surface area (Å²) in [6.45, 7) is 0. The number of rotatable bonds is 4. The summed E-state index contributed by atoms with van der Waals surface area (Å²) in [6, 6.07) is 66.3. The largest absolute Gasteiger partial charge is 0.309 e. The van der Waals surface area contributed by atoms with Gasteiger partial charge in [0, 0.05) is 32.9 Å². The average molecular weight is 611 g/mol. The normalized spacial score (nSPS) is 11.8. The van der Waals surface area contributed by atoms with Crippen molar-refractivity contribution in [2.75, 3.05) is 0 Å². The number of nitrogens with zero attached hydrogens (tertiary/aromatic N) is 2. The molecule has 0 atom stereocenters. The van der Waals surface area contributed by atoms with E-state index in [1.807, 2.05) is 0 Å². The summed E-state index contributed by atoms with van der Waals surface area (Å²) >= 11 is 0. The zero-order valence-electron chi connectivity index (χ0n) is 26.2. The Morgan fingerprint density at radius 3 is 1.42 bits per heavy atom. The highest BCUT2D eigenvalue weighted by Gasteiger charge is 2.16. The molecule has 10 rings (SSSR count). The van der Waals surface area contributed by atoms with Crippen LogP contribution in [0.15, 0.2) is 182 Å². The molecule has 0 bridgehead atoms. The first-order valence-electron chi connectivity index (χ1n) is 16.5. The molecule has 2 heterocycles. The maximum Gasteiger partial charge on any atom is 0.0547 e. The van der Waals surface area contributed by atoms with Crippen molar-refractivity contribution in [3.05, 3.63) is 182 Å². The Morgan fingerprint density at radius 2 is 0.729 bits per heavy atom. The van der Waals surface area contributed by atoms with Crippen molar-refractivity contribution in [1.82, 2.24) is 9.13 Å². The van der Waals surface area contributed by atoms with E-state index in [1.54, 1.807) is 0 Å². The van der Waals surface area contributed by atoms with Gasteiger partial charge in [-0.05, 0) is 87.6 Å². The number of aromatic nitrogens is 2. The third kappa shape index (κ3) is 4.13. The third-order valence-corrected chi connectivity index (χ3v) is 9.88. The second-order valence-corrected chi connectivity index (χ2v) is 12.6. The summed E-state index contributed by atoms with van der Waals surface area (Å²) in [4.78, 5) is 0. The fourth-order valence-corrected chi connectivity index (χ4v) is 7.63. The lowest BCUT2D eigenvalue weighted by Crippen LogP contribution is -1.95. The van der Waals surface area contributed by atoms with Crippen molar-refractivity contribution >= 4 is 54.4 Å². The monoisotopic (exact) mass is 610 g/mol. The highest BCUT2D eigenvalue weighted by molar-refractivity contribution is 6.12. The van der Waals surface area contributed by atoms with Crippen LogP contribution >= 0.6 is 0 Å². The summed E-state index contributed by atoms with van der Waals surface area (Å²) in [5, 5.41) is 7.56. The van der Waals surface area contributed by atoms with Gasteiger partial charge in [-0.2, -0.15) is 0 Å². The molecule has 0 radical (unpaired) electrons. The zero-order chi connectivity index (χ0) is 31.6. The summed E-state index contributed by atoms with van der Waals surface area (Å²) < 4.78 is 4.82. The molecule has 0 amide bonds. The molecule has 0 unspecified atom stereocenters. The Balaban J connectivity index is 1.17. The van der Waals surface area contributed by atoms with Crippen LogP contribution in [0.25, 0.3) is 88.0 Å². The first-order valence-corrected chi connectivity index (χ1v) is 16.5. The first-order chi connectivity index (χ1) is 23.8. The SMILES string of the molecule is c1ccc(-n2c3ccccc3c3ccc(-c4ccc5c6ccccc6n(-c6cccc(-c7ccc8ccccc8c7)c6)c5c4)cc32)cc1. The van der Waals surface area contributed by atoms with Crippen molar-refractivity contribution in [2.45, 2.75) is 0 Å². The Kier molecular flexibility index (Phi) is 5.91. The lowest BCUT2D eigenvalue weighted by Gasteiger charge is -2.12. The minimum Gasteiger partial charge on any atom is -0.309 e. The number of para-hydroxylation sites is 3. The Bertz CT molecular complexity index is 2830. The maximum atomic E-state index is 2.43. The lowest BCUT2D eigenvalue weighted by atomic mass is 10.0. The van der Waals surface area contributed by atoms with Crippen LogP contribution in [0.1, 0.15) is 0 Å². The first kappa shape index (κ1) is 26.8. The van der Waals surface area contributed by atoms with Crippen molar-refractivity contribution in [2.24, 2.45) is 0 Å². The predicted octanol–water partition coefficient (Wildman–Crippen LogP) is 12.4. The number of hydrogen-bond donors (Lipinski definition) is 0. The van der Waals surface area contributed by atoms with Crippen LogP contribution < -0.4 is 0 Å². The molecule has 0 aliphatic carbocycles. The van der Waals surface area contributed by atoms with Crippen LogP contribution in [-0.4, -0.2) is 9.13 Å². The van der Waals surface area contributed by atoms with Crippen LogP contribution in [0, 0.1) is 0 Å². The Hall–Kier alpha value is -6.38. The number of fused-ring (bicyclic) bond motifs is 7. The molecule has 0 fully saturated rings. The van der Waals surface area contributed by atoms with Crippen LogP contribution in [-0.2, 0) is 0 Å².